The van der Waals surface area contributed by atoms with E-state index in [-0.39, 0.29) is 18.1 Å². The third kappa shape index (κ3) is 2.61. The van der Waals surface area contributed by atoms with Crippen LogP contribution in [0.15, 0.2) is 0 Å². The molecule has 5 heteroatoms. The Kier molecular flexibility index (Phi) is 3.55. The average Bonchev–Trinajstić information content (AvgIpc) is 2.14. The van der Waals surface area contributed by atoms with Crippen LogP contribution >= 0.6 is 0 Å². The van der Waals surface area contributed by atoms with E-state index in [1.807, 2.05) is 13.8 Å². The lowest BCUT2D eigenvalue weighted by molar-refractivity contribution is 0.248. The molecule has 0 N–H and O–H groups in total. The summed E-state index contributed by atoms with van der Waals surface area (Å²) in [5.41, 5.74) is -0.116. The van der Waals surface area contributed by atoms with E-state index in [0.29, 0.717) is 0 Å². The summed E-state index contributed by atoms with van der Waals surface area (Å²) in [6, 6.07) is 0. The first-order valence-electron chi connectivity index (χ1n) is 4.57. The Bertz CT molecular complexity index is 340. The Labute approximate surface area is 86.1 Å². The molecule has 1 aromatic rings. The van der Waals surface area contributed by atoms with Gasteiger partial charge < -0.3 is 4.74 Å². The predicted molar refractivity (Wildman–Crippen MR) is 49.2 cm³/mol. The molecule has 0 aliphatic heterocycles. The van der Waals surface area contributed by atoms with Gasteiger partial charge in [0.25, 0.3) is 5.95 Å². The van der Waals surface area contributed by atoms with Gasteiger partial charge in [0, 0.05) is 5.56 Å². The molecule has 0 spiro atoms. The fourth-order valence-electron chi connectivity index (χ4n) is 0.993. The van der Waals surface area contributed by atoms with Gasteiger partial charge in [0.1, 0.15) is 0 Å². The fraction of sp³-hybridized carbons (Fsp3) is 0.500. The molecule has 84 valence electrons. The first kappa shape index (κ1) is 11.8. The molecule has 0 aromatic carbocycles. The van der Waals surface area contributed by atoms with E-state index in [9.17, 15) is 13.2 Å². The van der Waals surface area contributed by atoms with Gasteiger partial charge in [-0.1, -0.05) is 13.8 Å². The SMILES string of the molecule is Cc1c(F)nc(F)c(F)c1OCC(C)C. The van der Waals surface area contributed by atoms with Crippen LogP contribution in [0.5, 0.6) is 5.75 Å². The van der Waals surface area contributed by atoms with Crippen molar-refractivity contribution in [1.29, 1.82) is 0 Å². The Hall–Kier alpha value is -1.26. The molecule has 0 amide bonds. The fourth-order valence-corrected chi connectivity index (χ4v) is 0.993. The third-order valence-corrected chi connectivity index (χ3v) is 1.79. The number of aromatic nitrogens is 1. The average molecular weight is 219 g/mol. The lowest BCUT2D eigenvalue weighted by Crippen LogP contribution is -2.10. The van der Waals surface area contributed by atoms with Crippen molar-refractivity contribution < 1.29 is 17.9 Å². The molecule has 0 unspecified atom stereocenters. The van der Waals surface area contributed by atoms with E-state index in [1.165, 1.54) is 6.92 Å². The van der Waals surface area contributed by atoms with Crippen LogP contribution in [0.1, 0.15) is 19.4 Å². The van der Waals surface area contributed by atoms with Gasteiger partial charge in [-0.05, 0) is 12.8 Å². The van der Waals surface area contributed by atoms with E-state index in [1.54, 1.807) is 0 Å². The standard InChI is InChI=1S/C10H12F3NO/c1-5(2)4-15-8-6(3)9(12)14-10(13)7(8)11/h5H,4H2,1-3H3. The van der Waals surface area contributed by atoms with Crippen molar-refractivity contribution in [3.8, 4) is 5.75 Å². The zero-order valence-corrected chi connectivity index (χ0v) is 8.77. The van der Waals surface area contributed by atoms with E-state index in [4.69, 9.17) is 4.74 Å². The first-order chi connectivity index (χ1) is 6.93. The number of pyridine rings is 1. The van der Waals surface area contributed by atoms with Crippen LogP contribution in [-0.4, -0.2) is 11.6 Å². The van der Waals surface area contributed by atoms with Gasteiger partial charge in [0.2, 0.25) is 11.8 Å². The van der Waals surface area contributed by atoms with Gasteiger partial charge in [-0.25, -0.2) is 0 Å². The van der Waals surface area contributed by atoms with Crippen LogP contribution in [-0.2, 0) is 0 Å². The van der Waals surface area contributed by atoms with Crippen LogP contribution < -0.4 is 4.74 Å². The minimum absolute atomic E-state index is 0.116. The van der Waals surface area contributed by atoms with Crippen LogP contribution in [0.2, 0.25) is 0 Å². The van der Waals surface area contributed by atoms with Crippen molar-refractivity contribution >= 4 is 0 Å². The van der Waals surface area contributed by atoms with Crippen molar-refractivity contribution in [2.75, 3.05) is 6.61 Å². The molecular weight excluding hydrogens is 207 g/mol. The minimum atomic E-state index is -1.48. The summed E-state index contributed by atoms with van der Waals surface area (Å²) >= 11 is 0. The second-order valence-corrected chi connectivity index (χ2v) is 3.67. The maximum Gasteiger partial charge on any atom is 0.255 e. The summed E-state index contributed by atoms with van der Waals surface area (Å²) in [6.07, 6.45) is 0. The summed E-state index contributed by atoms with van der Waals surface area (Å²) in [5, 5.41) is 0. The van der Waals surface area contributed by atoms with Crippen LogP contribution in [0, 0.1) is 30.6 Å². The molecule has 0 fully saturated rings. The summed E-state index contributed by atoms with van der Waals surface area (Å²) in [4.78, 5) is 2.77. The highest BCUT2D eigenvalue weighted by Gasteiger charge is 2.18. The van der Waals surface area contributed by atoms with Crippen LogP contribution in [0.25, 0.3) is 0 Å². The zero-order chi connectivity index (χ0) is 11.6. The first-order valence-corrected chi connectivity index (χ1v) is 4.57. The molecule has 1 aromatic heterocycles. The van der Waals surface area contributed by atoms with Gasteiger partial charge in [0.15, 0.2) is 5.75 Å². The van der Waals surface area contributed by atoms with E-state index in [0.717, 1.165) is 0 Å². The lowest BCUT2D eigenvalue weighted by atomic mass is 10.2. The zero-order valence-electron chi connectivity index (χ0n) is 8.77. The molecule has 0 atom stereocenters. The summed E-state index contributed by atoms with van der Waals surface area (Å²) in [6.45, 7) is 5.18. The normalized spacial score (nSPS) is 10.9. The number of nitrogens with zero attached hydrogens (tertiary/aromatic N) is 1. The van der Waals surface area contributed by atoms with E-state index >= 15 is 0 Å². The van der Waals surface area contributed by atoms with Crippen LogP contribution in [0.3, 0.4) is 0 Å². The molecule has 2 nitrogen and oxygen atoms in total. The molecule has 0 bridgehead atoms. The maximum atomic E-state index is 13.2. The van der Waals surface area contributed by atoms with E-state index < -0.39 is 23.5 Å². The Morgan fingerprint density at radius 3 is 2.33 bits per heavy atom. The van der Waals surface area contributed by atoms with Gasteiger partial charge in [0.05, 0.1) is 6.61 Å². The second-order valence-electron chi connectivity index (χ2n) is 3.67. The Morgan fingerprint density at radius 2 is 1.80 bits per heavy atom. The predicted octanol–water partition coefficient (Wildman–Crippen LogP) is 2.84. The van der Waals surface area contributed by atoms with Crippen molar-refractivity contribution in [3.05, 3.63) is 23.3 Å². The monoisotopic (exact) mass is 219 g/mol. The quantitative estimate of drug-likeness (QED) is 0.729. The molecule has 0 saturated carbocycles. The van der Waals surface area contributed by atoms with Gasteiger partial charge in [-0.2, -0.15) is 18.2 Å². The highest BCUT2D eigenvalue weighted by Crippen LogP contribution is 2.25. The molecule has 1 heterocycles. The van der Waals surface area contributed by atoms with Crippen molar-refractivity contribution in [3.63, 3.8) is 0 Å². The smallest absolute Gasteiger partial charge is 0.255 e. The molecular formula is C10H12F3NO. The third-order valence-electron chi connectivity index (χ3n) is 1.79. The molecule has 0 aliphatic carbocycles. The Balaban J connectivity index is 3.04. The number of rotatable bonds is 3. The molecule has 15 heavy (non-hydrogen) atoms. The largest absolute Gasteiger partial charge is 0.490 e. The molecule has 1 rings (SSSR count). The molecule has 0 aliphatic rings. The van der Waals surface area contributed by atoms with Gasteiger partial charge >= 0.3 is 0 Å². The van der Waals surface area contributed by atoms with Gasteiger partial charge in [-0.15, -0.1) is 0 Å². The minimum Gasteiger partial charge on any atom is -0.490 e. The molecule has 0 radical (unpaired) electrons. The van der Waals surface area contributed by atoms with Crippen LogP contribution in [0.4, 0.5) is 13.2 Å². The summed E-state index contributed by atoms with van der Waals surface area (Å²) in [5.74, 6) is -4.02. The number of hydrogen-bond donors (Lipinski definition) is 0. The second kappa shape index (κ2) is 4.51. The summed E-state index contributed by atoms with van der Waals surface area (Å²) < 4.78 is 43.8. The van der Waals surface area contributed by atoms with Crippen molar-refractivity contribution in [2.24, 2.45) is 5.92 Å². The highest BCUT2D eigenvalue weighted by atomic mass is 19.2. The number of hydrogen-bond acceptors (Lipinski definition) is 2. The molecule has 0 saturated heterocycles. The number of halogens is 3. The van der Waals surface area contributed by atoms with Crippen molar-refractivity contribution in [2.45, 2.75) is 20.8 Å². The number of ether oxygens (including phenoxy) is 1. The van der Waals surface area contributed by atoms with Gasteiger partial charge in [-0.3, -0.25) is 0 Å². The highest BCUT2D eigenvalue weighted by molar-refractivity contribution is 5.32. The topological polar surface area (TPSA) is 22.1 Å². The van der Waals surface area contributed by atoms with Crippen molar-refractivity contribution in [1.82, 2.24) is 4.98 Å². The Morgan fingerprint density at radius 1 is 1.20 bits per heavy atom. The van der Waals surface area contributed by atoms with E-state index in [2.05, 4.69) is 4.98 Å². The lowest BCUT2D eigenvalue weighted by Gasteiger charge is -2.12. The maximum absolute atomic E-state index is 13.2. The summed E-state index contributed by atoms with van der Waals surface area (Å²) in [7, 11) is 0.